The zero-order valence-electron chi connectivity index (χ0n) is 12.3. The van der Waals surface area contributed by atoms with Crippen molar-refractivity contribution in [3.05, 3.63) is 28.3 Å². The fraction of sp³-hybridized carbons (Fsp3) is 0.571. The Kier molecular flexibility index (Phi) is 4.23. The van der Waals surface area contributed by atoms with Gasteiger partial charge in [-0.05, 0) is 63.8 Å². The Morgan fingerprint density at radius 3 is 1.72 bits per heavy atom. The molecule has 1 rings (SSSR count). The molecule has 0 saturated heterocycles. The minimum absolute atomic E-state index is 0.0466. The second-order valence-corrected chi connectivity index (χ2v) is 7.14. The molecule has 0 aliphatic carbocycles. The predicted octanol–water partition coefficient (Wildman–Crippen LogP) is 2.95. The average molecular weight is 269 g/mol. The van der Waals surface area contributed by atoms with E-state index in [0.29, 0.717) is 4.90 Å². The number of hydrogen-bond donors (Lipinski definition) is 0. The Balaban J connectivity index is 3.61. The normalized spacial score (nSPS) is 12.5. The highest BCUT2D eigenvalue weighted by atomic mass is 32.2. The van der Waals surface area contributed by atoms with Crippen molar-refractivity contribution < 1.29 is 8.42 Å². The van der Waals surface area contributed by atoms with E-state index >= 15 is 0 Å². The van der Waals surface area contributed by atoms with Gasteiger partial charge in [0.05, 0.1) is 4.90 Å². The van der Waals surface area contributed by atoms with E-state index in [-0.39, 0.29) is 6.04 Å². The van der Waals surface area contributed by atoms with Gasteiger partial charge in [0.1, 0.15) is 0 Å². The van der Waals surface area contributed by atoms with Gasteiger partial charge in [-0.2, -0.15) is 4.31 Å². The van der Waals surface area contributed by atoms with Crippen LogP contribution in [-0.4, -0.2) is 25.8 Å². The lowest BCUT2D eigenvalue weighted by molar-refractivity contribution is 0.410. The molecule has 1 aromatic carbocycles. The van der Waals surface area contributed by atoms with Gasteiger partial charge >= 0.3 is 0 Å². The van der Waals surface area contributed by atoms with Crippen LogP contribution in [0.2, 0.25) is 0 Å². The van der Waals surface area contributed by atoms with Crippen molar-refractivity contribution in [2.24, 2.45) is 0 Å². The summed E-state index contributed by atoms with van der Waals surface area (Å²) in [4.78, 5) is 0.469. The molecule has 1 aromatic rings. The summed E-state index contributed by atoms with van der Waals surface area (Å²) in [5.74, 6) is 0. The van der Waals surface area contributed by atoms with Crippen molar-refractivity contribution in [2.45, 2.75) is 52.5 Å². The van der Waals surface area contributed by atoms with Gasteiger partial charge in [0.2, 0.25) is 10.0 Å². The van der Waals surface area contributed by atoms with Crippen LogP contribution in [0.1, 0.15) is 36.1 Å². The molecule has 0 spiro atoms. The lowest BCUT2D eigenvalue weighted by atomic mass is 10.0. The number of aryl methyl sites for hydroxylation is 2. The molecule has 0 N–H and O–H groups in total. The second-order valence-electron chi connectivity index (χ2n) is 5.20. The third-order valence-corrected chi connectivity index (χ3v) is 5.97. The minimum atomic E-state index is -3.41. The first-order chi connectivity index (χ1) is 8.10. The number of rotatable bonds is 3. The highest BCUT2D eigenvalue weighted by Crippen LogP contribution is 2.28. The van der Waals surface area contributed by atoms with Crippen molar-refractivity contribution in [3.63, 3.8) is 0 Å². The molecular weight excluding hydrogens is 246 g/mol. The highest BCUT2D eigenvalue weighted by molar-refractivity contribution is 7.89. The van der Waals surface area contributed by atoms with Gasteiger partial charge < -0.3 is 0 Å². The van der Waals surface area contributed by atoms with E-state index in [9.17, 15) is 8.42 Å². The summed E-state index contributed by atoms with van der Waals surface area (Å²) in [6.45, 7) is 11.4. The molecule has 0 aliphatic rings. The maximum absolute atomic E-state index is 12.6. The molecule has 0 unspecified atom stereocenters. The molecule has 0 aromatic heterocycles. The Morgan fingerprint density at radius 2 is 1.39 bits per heavy atom. The van der Waals surface area contributed by atoms with Crippen molar-refractivity contribution in [1.82, 2.24) is 4.31 Å². The average Bonchev–Trinajstić information content (AvgIpc) is 2.25. The number of sulfonamides is 1. The van der Waals surface area contributed by atoms with Crippen LogP contribution < -0.4 is 0 Å². The van der Waals surface area contributed by atoms with Crippen LogP contribution in [0.15, 0.2) is 11.0 Å². The maximum atomic E-state index is 12.6. The van der Waals surface area contributed by atoms with Gasteiger partial charge in [0.25, 0.3) is 0 Å². The Labute approximate surface area is 111 Å². The summed E-state index contributed by atoms with van der Waals surface area (Å²) in [6, 6.07) is 1.99. The quantitative estimate of drug-likeness (QED) is 0.846. The van der Waals surface area contributed by atoms with Crippen LogP contribution in [0.4, 0.5) is 0 Å². The van der Waals surface area contributed by atoms with E-state index < -0.39 is 10.0 Å². The van der Waals surface area contributed by atoms with Crippen molar-refractivity contribution in [3.8, 4) is 0 Å². The molecule has 4 heteroatoms. The van der Waals surface area contributed by atoms with Crippen LogP contribution in [0.5, 0.6) is 0 Å². The van der Waals surface area contributed by atoms with Crippen LogP contribution in [0.3, 0.4) is 0 Å². The summed E-state index contributed by atoms with van der Waals surface area (Å²) in [6.07, 6.45) is 0. The Bertz CT molecular complexity index is 533. The summed E-state index contributed by atoms with van der Waals surface area (Å²) < 4.78 is 26.7. The molecule has 0 heterocycles. The topological polar surface area (TPSA) is 37.4 Å². The first kappa shape index (κ1) is 15.2. The first-order valence-corrected chi connectivity index (χ1v) is 7.60. The molecule has 0 fully saturated rings. The van der Waals surface area contributed by atoms with Crippen LogP contribution >= 0.6 is 0 Å². The SMILES string of the molecule is Cc1cc(C)c(C)c(S(=O)(=O)N(C)C(C)C)c1C. The zero-order chi connectivity index (χ0) is 14.2. The van der Waals surface area contributed by atoms with Crippen molar-refractivity contribution in [1.29, 1.82) is 0 Å². The zero-order valence-corrected chi connectivity index (χ0v) is 13.1. The predicted molar refractivity (Wildman–Crippen MR) is 75.5 cm³/mol. The summed E-state index contributed by atoms with van der Waals surface area (Å²) >= 11 is 0. The standard InChI is InChI=1S/C14H23NO2S/c1-9(2)15(7)18(16,17)14-12(5)10(3)8-11(4)13(14)6/h8-9H,1-7H3. The molecule has 18 heavy (non-hydrogen) atoms. The van der Waals surface area contributed by atoms with Gasteiger partial charge in [0, 0.05) is 13.1 Å². The molecular formula is C14H23NO2S. The Morgan fingerprint density at radius 1 is 1.00 bits per heavy atom. The minimum Gasteiger partial charge on any atom is -0.207 e. The van der Waals surface area contributed by atoms with Crippen molar-refractivity contribution >= 4 is 10.0 Å². The third kappa shape index (κ3) is 2.45. The number of nitrogens with zero attached hydrogens (tertiary/aromatic N) is 1. The molecule has 3 nitrogen and oxygen atoms in total. The molecule has 0 atom stereocenters. The van der Waals surface area contributed by atoms with Crippen LogP contribution in [-0.2, 0) is 10.0 Å². The molecule has 0 aliphatic heterocycles. The van der Waals surface area contributed by atoms with Crippen LogP contribution in [0, 0.1) is 27.7 Å². The fourth-order valence-electron chi connectivity index (χ4n) is 1.99. The largest absolute Gasteiger partial charge is 0.243 e. The number of benzene rings is 1. The van der Waals surface area contributed by atoms with Crippen molar-refractivity contribution in [2.75, 3.05) is 7.05 Å². The van der Waals surface area contributed by atoms with E-state index in [1.54, 1.807) is 7.05 Å². The monoisotopic (exact) mass is 269 g/mol. The molecule has 102 valence electrons. The van der Waals surface area contributed by atoms with E-state index in [2.05, 4.69) is 0 Å². The molecule has 0 saturated carbocycles. The van der Waals surface area contributed by atoms with E-state index in [1.807, 2.05) is 47.6 Å². The summed E-state index contributed by atoms with van der Waals surface area (Å²) in [7, 11) is -1.78. The van der Waals surface area contributed by atoms with Crippen LogP contribution in [0.25, 0.3) is 0 Å². The second kappa shape index (κ2) is 5.02. The molecule has 0 amide bonds. The van der Waals surface area contributed by atoms with E-state index in [4.69, 9.17) is 0 Å². The lowest BCUT2D eigenvalue weighted by Gasteiger charge is -2.24. The first-order valence-electron chi connectivity index (χ1n) is 6.16. The van der Waals surface area contributed by atoms with Gasteiger partial charge in [-0.25, -0.2) is 8.42 Å². The van der Waals surface area contributed by atoms with Gasteiger partial charge in [-0.1, -0.05) is 6.07 Å². The summed E-state index contributed by atoms with van der Waals surface area (Å²) in [5.41, 5.74) is 3.75. The molecule has 0 bridgehead atoms. The van der Waals surface area contributed by atoms with Gasteiger partial charge in [-0.15, -0.1) is 0 Å². The summed E-state index contributed by atoms with van der Waals surface area (Å²) in [5, 5.41) is 0. The lowest BCUT2D eigenvalue weighted by Crippen LogP contribution is -2.34. The van der Waals surface area contributed by atoms with Gasteiger partial charge in [0.15, 0.2) is 0 Å². The molecule has 0 radical (unpaired) electrons. The fourth-order valence-corrected chi connectivity index (χ4v) is 3.93. The Hall–Kier alpha value is -0.870. The van der Waals surface area contributed by atoms with E-state index in [0.717, 1.165) is 22.3 Å². The number of hydrogen-bond acceptors (Lipinski definition) is 2. The van der Waals surface area contributed by atoms with Gasteiger partial charge in [-0.3, -0.25) is 0 Å². The third-order valence-electron chi connectivity index (χ3n) is 3.66. The van der Waals surface area contributed by atoms with E-state index in [1.165, 1.54) is 4.31 Å². The highest BCUT2D eigenvalue weighted by Gasteiger charge is 2.27. The maximum Gasteiger partial charge on any atom is 0.243 e. The smallest absolute Gasteiger partial charge is 0.207 e.